The van der Waals surface area contributed by atoms with Crippen LogP contribution in [0, 0.1) is 5.41 Å². The summed E-state index contributed by atoms with van der Waals surface area (Å²) in [5.74, 6) is -1.41. The number of amides is 2. The highest BCUT2D eigenvalue weighted by molar-refractivity contribution is 7.88. The molecular formula is C26H37N7O5S. The standard InChI is InChI=1S/C26H37N7O5S/c1-3-38-25-21(12-8-14-33(25)26(27)28)30-23(34)17-32(2)24(35)22(15-20-11-7-13-29-16-20)31-39(36,37)18-19-9-5-4-6-10-19/h4-7,9-11,13,16,21-22,25,31H,3,8,12,14-15,17-18H2,1-2H3,(H3,27,28)(H,30,34). The highest BCUT2D eigenvalue weighted by Gasteiger charge is 2.35. The fourth-order valence-electron chi connectivity index (χ4n) is 4.54. The minimum absolute atomic E-state index is 0.0647. The van der Waals surface area contributed by atoms with E-state index < -0.39 is 40.1 Å². The van der Waals surface area contributed by atoms with Crippen LogP contribution in [0.1, 0.15) is 30.9 Å². The summed E-state index contributed by atoms with van der Waals surface area (Å²) < 4.78 is 34.2. The molecule has 0 aliphatic carbocycles. The molecule has 0 radical (unpaired) electrons. The normalized spacial score (nSPS) is 18.3. The van der Waals surface area contributed by atoms with Gasteiger partial charge >= 0.3 is 0 Å². The minimum atomic E-state index is -3.88. The fraction of sp³-hybridized carbons (Fsp3) is 0.462. The summed E-state index contributed by atoms with van der Waals surface area (Å²) in [5.41, 5.74) is 6.95. The molecule has 39 heavy (non-hydrogen) atoms. The van der Waals surface area contributed by atoms with Gasteiger partial charge in [-0.3, -0.25) is 20.0 Å². The molecule has 2 amide bonds. The van der Waals surface area contributed by atoms with Crippen LogP contribution in [0.4, 0.5) is 0 Å². The number of hydrogen-bond acceptors (Lipinski definition) is 7. The Hall–Kier alpha value is -3.55. The Bertz CT molecular complexity index is 1210. The number of carbonyl (C=O) groups excluding carboxylic acids is 2. The molecule has 3 unspecified atom stereocenters. The lowest BCUT2D eigenvalue weighted by molar-refractivity contribution is -0.137. The summed E-state index contributed by atoms with van der Waals surface area (Å²) >= 11 is 0. The Labute approximate surface area is 229 Å². The van der Waals surface area contributed by atoms with Crippen LogP contribution in [0.15, 0.2) is 54.9 Å². The Morgan fingerprint density at radius 3 is 2.59 bits per heavy atom. The second-order valence-electron chi connectivity index (χ2n) is 9.42. The van der Waals surface area contributed by atoms with Crippen molar-refractivity contribution in [3.8, 4) is 0 Å². The summed E-state index contributed by atoms with van der Waals surface area (Å²) in [6, 6.07) is 10.6. The lowest BCUT2D eigenvalue weighted by atomic mass is 10.0. The maximum Gasteiger partial charge on any atom is 0.241 e. The number of likely N-dealkylation sites (N-methyl/N-ethyl adjacent to an activating group) is 1. The van der Waals surface area contributed by atoms with E-state index in [1.54, 1.807) is 59.8 Å². The number of likely N-dealkylation sites (tertiary alicyclic amines) is 1. The van der Waals surface area contributed by atoms with Crippen molar-refractivity contribution in [2.75, 3.05) is 26.7 Å². The van der Waals surface area contributed by atoms with Crippen LogP contribution in [0.3, 0.4) is 0 Å². The number of rotatable bonds is 12. The van der Waals surface area contributed by atoms with Gasteiger partial charge in [-0.1, -0.05) is 36.4 Å². The number of sulfonamides is 1. The lowest BCUT2D eigenvalue weighted by Gasteiger charge is -2.41. The minimum Gasteiger partial charge on any atom is -0.370 e. The molecule has 13 heteroatoms. The van der Waals surface area contributed by atoms with Crippen LogP contribution in [0.2, 0.25) is 0 Å². The highest BCUT2D eigenvalue weighted by atomic mass is 32.2. The molecule has 0 bridgehead atoms. The van der Waals surface area contributed by atoms with Crippen LogP contribution in [0.5, 0.6) is 0 Å². The summed E-state index contributed by atoms with van der Waals surface area (Å²) in [4.78, 5) is 33.2. The van der Waals surface area contributed by atoms with Crippen molar-refractivity contribution in [3.05, 3.63) is 66.0 Å². The average molecular weight is 560 g/mol. The topological polar surface area (TPSA) is 171 Å². The first-order valence-electron chi connectivity index (χ1n) is 12.8. The molecule has 3 atom stereocenters. The van der Waals surface area contributed by atoms with Gasteiger partial charge in [-0.2, -0.15) is 0 Å². The quantitative estimate of drug-likeness (QED) is 0.214. The molecule has 1 fully saturated rings. The van der Waals surface area contributed by atoms with Crippen molar-refractivity contribution >= 4 is 27.8 Å². The van der Waals surface area contributed by atoms with Gasteiger partial charge in [0.2, 0.25) is 21.8 Å². The van der Waals surface area contributed by atoms with E-state index in [0.29, 0.717) is 37.1 Å². The van der Waals surface area contributed by atoms with E-state index in [1.807, 2.05) is 6.92 Å². The number of ether oxygens (including phenoxy) is 1. The van der Waals surface area contributed by atoms with Crippen LogP contribution in [-0.2, 0) is 36.5 Å². The Morgan fingerprint density at radius 1 is 1.23 bits per heavy atom. The number of nitrogens with two attached hydrogens (primary N) is 1. The van der Waals surface area contributed by atoms with E-state index in [9.17, 15) is 18.0 Å². The molecule has 1 aliphatic rings. The number of piperidine rings is 1. The second kappa shape index (κ2) is 14.0. The molecule has 1 saturated heterocycles. The lowest BCUT2D eigenvalue weighted by Crippen LogP contribution is -2.60. The molecule has 212 valence electrons. The number of benzene rings is 1. The van der Waals surface area contributed by atoms with Crippen molar-refractivity contribution in [3.63, 3.8) is 0 Å². The van der Waals surface area contributed by atoms with Crippen LogP contribution in [-0.4, -0.2) is 86.0 Å². The van der Waals surface area contributed by atoms with Crippen molar-refractivity contribution in [2.24, 2.45) is 5.73 Å². The predicted octanol–water partition coefficient (Wildman–Crippen LogP) is 0.407. The van der Waals surface area contributed by atoms with Crippen molar-refractivity contribution in [2.45, 2.75) is 50.3 Å². The van der Waals surface area contributed by atoms with E-state index in [2.05, 4.69) is 15.0 Å². The van der Waals surface area contributed by atoms with Crippen LogP contribution < -0.4 is 15.8 Å². The van der Waals surface area contributed by atoms with Crippen molar-refractivity contribution in [1.29, 1.82) is 5.41 Å². The first-order chi connectivity index (χ1) is 18.6. The SMILES string of the molecule is CCOC1C(NC(=O)CN(C)C(=O)C(Cc2cccnc2)NS(=O)(=O)Cc2ccccc2)CCCN1C(=N)N. The third-order valence-corrected chi connectivity index (χ3v) is 7.65. The van der Waals surface area contributed by atoms with Crippen molar-refractivity contribution < 1.29 is 22.7 Å². The number of carbonyl (C=O) groups is 2. The van der Waals surface area contributed by atoms with Gasteiger partial charge in [0.15, 0.2) is 12.2 Å². The van der Waals surface area contributed by atoms with Gasteiger partial charge < -0.3 is 25.6 Å². The molecule has 5 N–H and O–H groups in total. The molecule has 2 aromatic rings. The monoisotopic (exact) mass is 559 g/mol. The maximum absolute atomic E-state index is 13.4. The summed E-state index contributed by atoms with van der Waals surface area (Å²) in [5, 5.41) is 10.7. The first-order valence-corrected chi connectivity index (χ1v) is 14.4. The average Bonchev–Trinajstić information content (AvgIpc) is 2.89. The third kappa shape index (κ3) is 9.01. The molecule has 12 nitrogen and oxygen atoms in total. The summed E-state index contributed by atoms with van der Waals surface area (Å²) in [7, 11) is -2.43. The van der Waals surface area contributed by atoms with E-state index in [0.717, 1.165) is 0 Å². The Morgan fingerprint density at radius 2 is 1.95 bits per heavy atom. The number of guanidine groups is 1. The predicted molar refractivity (Wildman–Crippen MR) is 147 cm³/mol. The van der Waals surface area contributed by atoms with E-state index in [-0.39, 0.29) is 24.7 Å². The molecule has 2 heterocycles. The van der Waals surface area contributed by atoms with Gasteiger partial charge in [-0.25, -0.2) is 13.1 Å². The third-order valence-electron chi connectivity index (χ3n) is 6.30. The number of nitrogens with one attached hydrogen (secondary N) is 3. The van der Waals surface area contributed by atoms with Crippen LogP contribution >= 0.6 is 0 Å². The molecular weight excluding hydrogens is 522 g/mol. The zero-order chi connectivity index (χ0) is 28.4. The largest absolute Gasteiger partial charge is 0.370 e. The van der Waals surface area contributed by atoms with E-state index >= 15 is 0 Å². The summed E-state index contributed by atoms with van der Waals surface area (Å²) in [6.07, 6.45) is 3.96. The van der Waals surface area contributed by atoms with Crippen LogP contribution in [0.25, 0.3) is 0 Å². The molecule has 0 saturated carbocycles. The fourth-order valence-corrected chi connectivity index (χ4v) is 5.88. The number of nitrogens with zero attached hydrogens (tertiary/aromatic N) is 3. The van der Waals surface area contributed by atoms with Gasteiger partial charge in [0.25, 0.3) is 0 Å². The number of hydrogen-bond donors (Lipinski definition) is 4. The molecule has 3 rings (SSSR count). The van der Waals surface area contributed by atoms with Gasteiger partial charge in [0, 0.05) is 32.6 Å². The molecule has 1 aromatic carbocycles. The Kier molecular flexibility index (Phi) is 10.8. The maximum atomic E-state index is 13.4. The van der Waals surface area contributed by atoms with Crippen molar-refractivity contribution in [1.82, 2.24) is 24.8 Å². The highest BCUT2D eigenvalue weighted by Crippen LogP contribution is 2.19. The molecule has 1 aromatic heterocycles. The number of aromatic nitrogens is 1. The number of pyridine rings is 1. The second-order valence-corrected chi connectivity index (χ2v) is 11.2. The zero-order valence-electron chi connectivity index (χ0n) is 22.2. The first kappa shape index (κ1) is 30.0. The zero-order valence-corrected chi connectivity index (χ0v) is 23.1. The van der Waals surface area contributed by atoms with E-state index in [4.69, 9.17) is 15.9 Å². The Balaban J connectivity index is 1.70. The van der Waals surface area contributed by atoms with Gasteiger partial charge in [0.05, 0.1) is 18.3 Å². The van der Waals surface area contributed by atoms with Gasteiger partial charge in [-0.15, -0.1) is 0 Å². The van der Waals surface area contributed by atoms with Gasteiger partial charge in [-0.05, 0) is 43.4 Å². The summed E-state index contributed by atoms with van der Waals surface area (Å²) in [6.45, 7) is 2.44. The molecule has 0 spiro atoms. The smallest absolute Gasteiger partial charge is 0.241 e. The molecule has 1 aliphatic heterocycles. The van der Waals surface area contributed by atoms with Gasteiger partial charge in [0.1, 0.15) is 6.04 Å². The van der Waals surface area contributed by atoms with E-state index in [1.165, 1.54) is 11.9 Å².